The van der Waals surface area contributed by atoms with Crippen LogP contribution in [0, 0.1) is 0 Å². The molecule has 1 aromatic heterocycles. The van der Waals surface area contributed by atoms with E-state index in [9.17, 15) is 9.59 Å². The number of unbranched alkanes of at least 4 members (excludes halogenated alkanes) is 2. The van der Waals surface area contributed by atoms with Crippen LogP contribution in [0.25, 0.3) is 0 Å². The van der Waals surface area contributed by atoms with E-state index in [0.717, 1.165) is 24.3 Å². The van der Waals surface area contributed by atoms with Crippen LogP contribution in [-0.2, 0) is 11.3 Å². The Kier molecular flexibility index (Phi) is 7.61. The largest absolute Gasteiger partial charge is 0.494 e. The van der Waals surface area contributed by atoms with Gasteiger partial charge < -0.3 is 9.30 Å². The fourth-order valence-corrected chi connectivity index (χ4v) is 2.33. The molecule has 1 aromatic carbocycles. The predicted octanol–water partition coefficient (Wildman–Crippen LogP) is 2.96. The van der Waals surface area contributed by atoms with Crippen LogP contribution < -0.4 is 15.7 Å². The Bertz CT molecular complexity index is 794. The number of hydrazone groups is 1. The number of carbonyl (C=O) groups excluding carboxylic acids is 1. The number of aromatic nitrogens is 1. The summed E-state index contributed by atoms with van der Waals surface area (Å²) in [6.07, 6.45) is 4.95. The Hall–Kier alpha value is -2.89. The van der Waals surface area contributed by atoms with E-state index < -0.39 is 0 Å². The quantitative estimate of drug-likeness (QED) is 0.427. The highest BCUT2D eigenvalue weighted by atomic mass is 16.5. The molecule has 6 heteroatoms. The van der Waals surface area contributed by atoms with E-state index in [2.05, 4.69) is 17.5 Å². The van der Waals surface area contributed by atoms with Crippen LogP contribution in [0.3, 0.4) is 0 Å². The number of hydrogen-bond donors (Lipinski definition) is 1. The van der Waals surface area contributed by atoms with Crippen molar-refractivity contribution in [2.24, 2.45) is 5.10 Å². The van der Waals surface area contributed by atoms with Crippen molar-refractivity contribution in [3.8, 4) is 5.75 Å². The Morgan fingerprint density at radius 1 is 1.15 bits per heavy atom. The third kappa shape index (κ3) is 6.20. The molecular formula is C20H25N3O3. The molecular weight excluding hydrogens is 330 g/mol. The van der Waals surface area contributed by atoms with E-state index in [-0.39, 0.29) is 18.0 Å². The normalized spacial score (nSPS) is 11.2. The maximum atomic E-state index is 11.9. The maximum absolute atomic E-state index is 11.9. The second kappa shape index (κ2) is 10.2. The lowest BCUT2D eigenvalue weighted by Gasteiger charge is -2.07. The third-order valence-corrected chi connectivity index (χ3v) is 3.85. The molecule has 138 valence electrons. The van der Waals surface area contributed by atoms with Gasteiger partial charge in [0.1, 0.15) is 12.3 Å². The van der Waals surface area contributed by atoms with E-state index >= 15 is 0 Å². The number of nitrogens with one attached hydrogen (secondary N) is 1. The number of rotatable bonds is 9. The second-order valence-electron chi connectivity index (χ2n) is 5.98. The van der Waals surface area contributed by atoms with Crippen molar-refractivity contribution in [2.75, 3.05) is 6.61 Å². The van der Waals surface area contributed by atoms with Crippen LogP contribution >= 0.6 is 0 Å². The monoisotopic (exact) mass is 355 g/mol. The van der Waals surface area contributed by atoms with E-state index in [1.807, 2.05) is 31.2 Å². The van der Waals surface area contributed by atoms with Crippen molar-refractivity contribution in [2.45, 2.75) is 39.7 Å². The number of amides is 1. The molecule has 0 radical (unpaired) electrons. The second-order valence-corrected chi connectivity index (χ2v) is 5.98. The number of benzene rings is 1. The van der Waals surface area contributed by atoms with Crippen molar-refractivity contribution >= 4 is 11.6 Å². The van der Waals surface area contributed by atoms with E-state index in [1.54, 1.807) is 18.3 Å². The topological polar surface area (TPSA) is 72.7 Å². The lowest BCUT2D eigenvalue weighted by atomic mass is 10.1. The molecule has 2 aromatic rings. The molecule has 0 fully saturated rings. The molecule has 0 aliphatic heterocycles. The standard InChI is InChI=1S/C20H25N3O3/c1-3-4-7-14-26-18-11-9-17(10-12-18)16(2)21-22-19(24)15-23-13-6-5-8-20(23)25/h5-6,8-13H,3-4,7,14-15H2,1-2H3,(H,22,24)/b21-16-. The fraction of sp³-hybridized carbons (Fsp3) is 0.350. The molecule has 1 N–H and O–H groups in total. The summed E-state index contributed by atoms with van der Waals surface area (Å²) in [5.41, 5.74) is 3.82. The number of pyridine rings is 1. The molecule has 6 nitrogen and oxygen atoms in total. The van der Waals surface area contributed by atoms with Crippen LogP contribution in [0.2, 0.25) is 0 Å². The van der Waals surface area contributed by atoms with Gasteiger partial charge in [0.2, 0.25) is 0 Å². The van der Waals surface area contributed by atoms with Crippen LogP contribution in [0.1, 0.15) is 38.7 Å². The van der Waals surface area contributed by atoms with Gasteiger partial charge in [-0.2, -0.15) is 5.10 Å². The molecule has 0 bridgehead atoms. The van der Waals surface area contributed by atoms with Gasteiger partial charge >= 0.3 is 0 Å². The minimum Gasteiger partial charge on any atom is -0.494 e. The van der Waals surface area contributed by atoms with Gasteiger partial charge in [-0.1, -0.05) is 25.8 Å². The zero-order chi connectivity index (χ0) is 18.8. The summed E-state index contributed by atoms with van der Waals surface area (Å²) >= 11 is 0. The summed E-state index contributed by atoms with van der Waals surface area (Å²) in [7, 11) is 0. The van der Waals surface area contributed by atoms with Crippen LogP contribution in [0.15, 0.2) is 58.6 Å². The number of nitrogens with zero attached hydrogens (tertiary/aromatic N) is 2. The Morgan fingerprint density at radius 2 is 1.92 bits per heavy atom. The molecule has 2 rings (SSSR count). The van der Waals surface area contributed by atoms with Gasteiger partial charge in [0.15, 0.2) is 0 Å². The van der Waals surface area contributed by atoms with Gasteiger partial charge in [-0.15, -0.1) is 0 Å². The van der Waals surface area contributed by atoms with Gasteiger partial charge in [-0.25, -0.2) is 5.43 Å². The van der Waals surface area contributed by atoms with Crippen LogP contribution in [0.5, 0.6) is 5.75 Å². The average Bonchev–Trinajstić information content (AvgIpc) is 2.66. The number of hydrogen-bond acceptors (Lipinski definition) is 4. The predicted molar refractivity (Wildman–Crippen MR) is 103 cm³/mol. The average molecular weight is 355 g/mol. The van der Waals surface area contributed by atoms with Crippen LogP contribution in [-0.4, -0.2) is 22.8 Å². The Morgan fingerprint density at radius 3 is 2.62 bits per heavy atom. The Balaban J connectivity index is 1.87. The molecule has 0 aliphatic rings. The summed E-state index contributed by atoms with van der Waals surface area (Å²) in [6.45, 7) is 4.62. The van der Waals surface area contributed by atoms with Crippen molar-refractivity contribution in [1.29, 1.82) is 0 Å². The van der Waals surface area contributed by atoms with Gasteiger partial charge in [0, 0.05) is 12.3 Å². The van der Waals surface area contributed by atoms with Gasteiger partial charge in [-0.3, -0.25) is 9.59 Å². The van der Waals surface area contributed by atoms with Gasteiger partial charge in [0.25, 0.3) is 11.5 Å². The highest BCUT2D eigenvalue weighted by Crippen LogP contribution is 2.13. The third-order valence-electron chi connectivity index (χ3n) is 3.85. The van der Waals surface area contributed by atoms with Crippen molar-refractivity contribution in [1.82, 2.24) is 9.99 Å². The SMILES string of the molecule is CCCCCOc1ccc(/C(C)=N\NC(=O)Cn2ccccc2=O)cc1. The first-order valence-corrected chi connectivity index (χ1v) is 8.82. The van der Waals surface area contributed by atoms with Crippen molar-refractivity contribution in [3.63, 3.8) is 0 Å². The zero-order valence-corrected chi connectivity index (χ0v) is 15.3. The lowest BCUT2D eigenvalue weighted by Crippen LogP contribution is -2.29. The van der Waals surface area contributed by atoms with E-state index in [0.29, 0.717) is 5.71 Å². The fourth-order valence-electron chi connectivity index (χ4n) is 2.33. The summed E-state index contributed by atoms with van der Waals surface area (Å²) in [5.74, 6) is 0.471. The first-order chi connectivity index (χ1) is 12.6. The minimum absolute atomic E-state index is 0.0685. The van der Waals surface area contributed by atoms with Gasteiger partial charge in [0.05, 0.1) is 12.3 Å². The van der Waals surface area contributed by atoms with Crippen LogP contribution in [0.4, 0.5) is 0 Å². The summed E-state index contributed by atoms with van der Waals surface area (Å²) in [6, 6.07) is 12.3. The van der Waals surface area contributed by atoms with Crippen molar-refractivity contribution < 1.29 is 9.53 Å². The number of carbonyl (C=O) groups is 1. The molecule has 26 heavy (non-hydrogen) atoms. The summed E-state index contributed by atoms with van der Waals surface area (Å²) < 4.78 is 7.00. The molecule has 1 amide bonds. The summed E-state index contributed by atoms with van der Waals surface area (Å²) in [4.78, 5) is 23.5. The lowest BCUT2D eigenvalue weighted by molar-refractivity contribution is -0.121. The molecule has 1 heterocycles. The highest BCUT2D eigenvalue weighted by molar-refractivity contribution is 5.99. The molecule has 0 atom stereocenters. The first kappa shape index (κ1) is 19.4. The minimum atomic E-state index is -0.353. The zero-order valence-electron chi connectivity index (χ0n) is 15.3. The summed E-state index contributed by atoms with van der Waals surface area (Å²) in [5, 5.41) is 4.10. The maximum Gasteiger partial charge on any atom is 0.260 e. The van der Waals surface area contributed by atoms with E-state index in [4.69, 9.17) is 4.74 Å². The molecule has 0 spiro atoms. The molecule has 0 saturated carbocycles. The van der Waals surface area contributed by atoms with E-state index in [1.165, 1.54) is 23.5 Å². The molecule has 0 unspecified atom stereocenters. The Labute approximate surface area is 153 Å². The van der Waals surface area contributed by atoms with Crippen molar-refractivity contribution in [3.05, 3.63) is 64.6 Å². The molecule has 0 aliphatic carbocycles. The smallest absolute Gasteiger partial charge is 0.260 e. The highest BCUT2D eigenvalue weighted by Gasteiger charge is 2.04. The first-order valence-electron chi connectivity index (χ1n) is 8.82. The molecule has 0 saturated heterocycles. The number of ether oxygens (including phenoxy) is 1. The van der Waals surface area contributed by atoms with Gasteiger partial charge in [-0.05, 0) is 49.2 Å².